The molecule has 18 heavy (non-hydrogen) atoms. The molecular weight excluding hydrogens is 286 g/mol. The fraction of sp³-hybridized carbons (Fsp3) is 0.250. The standard InChI is InChI=1S/C8H8ClN3O5S/c1-18(16,17)4-7(13)11-8-5(12(14)15)2-3-6(9)10-8/h2-3H,4H2,1H3,(H,10,11,13). The summed E-state index contributed by atoms with van der Waals surface area (Å²) in [6.45, 7) is 0. The van der Waals surface area contributed by atoms with E-state index in [1.807, 2.05) is 5.32 Å². The highest BCUT2D eigenvalue weighted by atomic mass is 35.5. The summed E-state index contributed by atoms with van der Waals surface area (Å²) in [4.78, 5) is 24.8. The molecule has 1 amide bonds. The second kappa shape index (κ2) is 5.27. The number of hydrogen-bond acceptors (Lipinski definition) is 6. The Bertz CT molecular complexity index is 601. The lowest BCUT2D eigenvalue weighted by Crippen LogP contribution is -2.23. The molecule has 1 N–H and O–H groups in total. The van der Waals surface area contributed by atoms with Crippen LogP contribution in [0.4, 0.5) is 11.5 Å². The summed E-state index contributed by atoms with van der Waals surface area (Å²) in [5.41, 5.74) is -0.471. The molecule has 1 rings (SSSR count). The molecule has 0 radical (unpaired) electrons. The Morgan fingerprint density at radius 1 is 1.56 bits per heavy atom. The van der Waals surface area contributed by atoms with E-state index in [0.717, 1.165) is 12.3 Å². The summed E-state index contributed by atoms with van der Waals surface area (Å²) < 4.78 is 21.8. The molecule has 0 fully saturated rings. The van der Waals surface area contributed by atoms with Crippen molar-refractivity contribution in [1.29, 1.82) is 0 Å². The number of aromatic nitrogens is 1. The maximum Gasteiger partial charge on any atom is 0.311 e. The van der Waals surface area contributed by atoms with Crippen LogP contribution >= 0.6 is 11.6 Å². The second-order valence-corrected chi connectivity index (χ2v) is 5.90. The minimum Gasteiger partial charge on any atom is -0.304 e. The van der Waals surface area contributed by atoms with Crippen molar-refractivity contribution in [3.05, 3.63) is 27.4 Å². The summed E-state index contributed by atoms with van der Waals surface area (Å²) in [5, 5.41) is 12.6. The summed E-state index contributed by atoms with van der Waals surface area (Å²) in [7, 11) is -3.53. The molecule has 0 saturated carbocycles. The number of nitrogens with one attached hydrogen (secondary N) is 1. The van der Waals surface area contributed by atoms with Crippen molar-refractivity contribution in [3.8, 4) is 0 Å². The number of nitrogens with zero attached hydrogens (tertiary/aromatic N) is 2. The first-order chi connectivity index (χ1) is 8.19. The highest BCUT2D eigenvalue weighted by Crippen LogP contribution is 2.23. The number of carbonyl (C=O) groups excluding carboxylic acids is 1. The zero-order valence-electron chi connectivity index (χ0n) is 9.08. The van der Waals surface area contributed by atoms with Gasteiger partial charge in [-0.1, -0.05) is 11.6 Å². The first-order valence-electron chi connectivity index (χ1n) is 4.47. The molecule has 1 aromatic rings. The summed E-state index contributed by atoms with van der Waals surface area (Å²) in [6, 6.07) is 2.25. The number of sulfone groups is 1. The van der Waals surface area contributed by atoms with E-state index < -0.39 is 32.1 Å². The van der Waals surface area contributed by atoms with Crippen molar-refractivity contribution >= 4 is 38.9 Å². The Hall–Kier alpha value is -1.74. The largest absolute Gasteiger partial charge is 0.311 e. The molecule has 0 spiro atoms. The monoisotopic (exact) mass is 293 g/mol. The molecule has 8 nitrogen and oxygen atoms in total. The highest BCUT2D eigenvalue weighted by molar-refractivity contribution is 7.91. The van der Waals surface area contributed by atoms with E-state index in [-0.39, 0.29) is 11.0 Å². The van der Waals surface area contributed by atoms with Gasteiger partial charge in [0.25, 0.3) is 0 Å². The van der Waals surface area contributed by atoms with Crippen LogP contribution in [-0.2, 0) is 14.6 Å². The Labute approximate surface area is 107 Å². The quantitative estimate of drug-likeness (QED) is 0.494. The minimum atomic E-state index is -3.53. The fourth-order valence-corrected chi connectivity index (χ4v) is 1.77. The van der Waals surface area contributed by atoms with Crippen LogP contribution in [0, 0.1) is 10.1 Å². The maximum absolute atomic E-state index is 11.3. The van der Waals surface area contributed by atoms with Gasteiger partial charge < -0.3 is 5.32 Å². The van der Waals surface area contributed by atoms with Gasteiger partial charge in [0.15, 0.2) is 9.84 Å². The van der Waals surface area contributed by atoms with Gasteiger partial charge in [-0.2, -0.15) is 0 Å². The summed E-state index contributed by atoms with van der Waals surface area (Å²) >= 11 is 5.53. The van der Waals surface area contributed by atoms with Crippen LogP contribution in [-0.4, -0.2) is 36.2 Å². The molecule has 0 saturated heterocycles. The van der Waals surface area contributed by atoms with Crippen molar-refractivity contribution in [2.45, 2.75) is 0 Å². The van der Waals surface area contributed by atoms with E-state index in [0.29, 0.717) is 0 Å². The van der Waals surface area contributed by atoms with Crippen LogP contribution in [0.15, 0.2) is 12.1 Å². The third-order valence-electron chi connectivity index (χ3n) is 1.69. The second-order valence-electron chi connectivity index (χ2n) is 3.38. The van der Waals surface area contributed by atoms with Gasteiger partial charge in [0.2, 0.25) is 11.7 Å². The number of amides is 1. The van der Waals surface area contributed by atoms with Gasteiger partial charge in [0.05, 0.1) is 4.92 Å². The molecule has 10 heteroatoms. The van der Waals surface area contributed by atoms with Crippen LogP contribution in [0.25, 0.3) is 0 Å². The predicted molar refractivity (Wildman–Crippen MR) is 64.2 cm³/mol. The summed E-state index contributed by atoms with van der Waals surface area (Å²) in [5.74, 6) is -2.10. The molecule has 0 aliphatic rings. The fourth-order valence-electron chi connectivity index (χ4n) is 1.07. The lowest BCUT2D eigenvalue weighted by atomic mass is 10.4. The number of nitro groups is 1. The first kappa shape index (κ1) is 14.3. The smallest absolute Gasteiger partial charge is 0.304 e. The van der Waals surface area contributed by atoms with Gasteiger partial charge in [-0.25, -0.2) is 13.4 Å². The Balaban J connectivity index is 3.00. The van der Waals surface area contributed by atoms with Crippen LogP contribution in [0.1, 0.15) is 0 Å². The number of anilines is 1. The zero-order chi connectivity index (χ0) is 13.9. The van der Waals surface area contributed by atoms with E-state index in [4.69, 9.17) is 11.6 Å². The molecule has 0 aromatic carbocycles. The molecule has 1 heterocycles. The van der Waals surface area contributed by atoms with Gasteiger partial charge in [-0.05, 0) is 6.07 Å². The zero-order valence-corrected chi connectivity index (χ0v) is 10.7. The van der Waals surface area contributed by atoms with Crippen molar-refractivity contribution in [3.63, 3.8) is 0 Å². The van der Waals surface area contributed by atoms with Crippen LogP contribution in [0.2, 0.25) is 5.15 Å². The molecule has 0 bridgehead atoms. The Morgan fingerprint density at radius 2 is 2.17 bits per heavy atom. The molecule has 0 aliphatic heterocycles. The molecule has 98 valence electrons. The van der Waals surface area contributed by atoms with E-state index in [9.17, 15) is 23.3 Å². The van der Waals surface area contributed by atoms with Crippen molar-refractivity contribution in [1.82, 2.24) is 4.98 Å². The van der Waals surface area contributed by atoms with E-state index in [1.54, 1.807) is 0 Å². The average Bonchev–Trinajstić information content (AvgIpc) is 2.13. The van der Waals surface area contributed by atoms with Crippen molar-refractivity contribution in [2.75, 3.05) is 17.3 Å². The minimum absolute atomic E-state index is 0.0599. The lowest BCUT2D eigenvalue weighted by Gasteiger charge is -2.04. The Morgan fingerprint density at radius 3 is 2.67 bits per heavy atom. The lowest BCUT2D eigenvalue weighted by molar-refractivity contribution is -0.384. The predicted octanol–water partition coefficient (Wildman–Crippen LogP) is 0.626. The third kappa shape index (κ3) is 4.26. The maximum atomic E-state index is 11.3. The van der Waals surface area contributed by atoms with Crippen LogP contribution in [0.3, 0.4) is 0 Å². The molecular formula is C8H8ClN3O5S. The SMILES string of the molecule is CS(=O)(=O)CC(=O)Nc1nc(Cl)ccc1[N+](=O)[O-]. The summed E-state index contributed by atoms with van der Waals surface area (Å²) in [6.07, 6.45) is 0.867. The molecule has 0 unspecified atom stereocenters. The average molecular weight is 294 g/mol. The highest BCUT2D eigenvalue weighted by Gasteiger charge is 2.19. The van der Waals surface area contributed by atoms with E-state index in [1.165, 1.54) is 6.07 Å². The molecule has 0 atom stereocenters. The number of hydrogen-bond donors (Lipinski definition) is 1. The van der Waals surface area contributed by atoms with E-state index >= 15 is 0 Å². The number of carbonyl (C=O) groups is 1. The molecule has 1 aromatic heterocycles. The third-order valence-corrected chi connectivity index (χ3v) is 2.68. The topological polar surface area (TPSA) is 119 Å². The van der Waals surface area contributed by atoms with Crippen LogP contribution < -0.4 is 5.32 Å². The molecule has 0 aliphatic carbocycles. The number of halogens is 1. The van der Waals surface area contributed by atoms with Gasteiger partial charge in [-0.15, -0.1) is 0 Å². The van der Waals surface area contributed by atoms with Crippen molar-refractivity contribution < 1.29 is 18.1 Å². The van der Waals surface area contributed by atoms with Gasteiger partial charge in [-0.3, -0.25) is 14.9 Å². The van der Waals surface area contributed by atoms with Gasteiger partial charge in [0, 0.05) is 12.3 Å². The van der Waals surface area contributed by atoms with Gasteiger partial charge in [0.1, 0.15) is 10.9 Å². The van der Waals surface area contributed by atoms with Gasteiger partial charge >= 0.3 is 5.69 Å². The first-order valence-corrected chi connectivity index (χ1v) is 6.91. The normalized spacial score (nSPS) is 11.0. The Kier molecular flexibility index (Phi) is 4.19. The van der Waals surface area contributed by atoms with Crippen molar-refractivity contribution in [2.24, 2.45) is 0 Å². The van der Waals surface area contributed by atoms with E-state index in [2.05, 4.69) is 4.98 Å². The van der Waals surface area contributed by atoms with Crippen LogP contribution in [0.5, 0.6) is 0 Å². The number of rotatable bonds is 4. The number of pyridine rings is 1.